The van der Waals surface area contributed by atoms with E-state index in [-0.39, 0.29) is 31.0 Å². The Bertz CT molecular complexity index is 1140. The maximum atomic E-state index is 12.9. The summed E-state index contributed by atoms with van der Waals surface area (Å²) < 4.78 is 5.33. The molecule has 1 unspecified atom stereocenters. The van der Waals surface area contributed by atoms with Gasteiger partial charge in [-0.15, -0.1) is 0 Å². The molecule has 1 aromatic heterocycles. The first-order valence-corrected chi connectivity index (χ1v) is 10.4. The zero-order chi connectivity index (χ0) is 23.7. The molecule has 0 spiro atoms. The molecule has 1 fully saturated rings. The molecule has 1 atom stereocenters. The number of carbonyl (C=O) groups excluding carboxylic acids is 4. The van der Waals surface area contributed by atoms with E-state index in [0.29, 0.717) is 5.82 Å². The van der Waals surface area contributed by atoms with E-state index in [0.717, 1.165) is 22.6 Å². The summed E-state index contributed by atoms with van der Waals surface area (Å²) in [5.74, 6) is -1.58. The average molecular weight is 452 g/mol. The van der Waals surface area contributed by atoms with E-state index in [1.54, 1.807) is 7.05 Å². The van der Waals surface area contributed by atoms with E-state index in [1.807, 2.05) is 38.4 Å². The second kappa shape index (κ2) is 8.94. The molecule has 0 aliphatic carbocycles. The van der Waals surface area contributed by atoms with E-state index in [9.17, 15) is 19.2 Å². The molecule has 2 aliphatic rings. The average Bonchev–Trinajstić information content (AvgIpc) is 3.33. The van der Waals surface area contributed by atoms with Gasteiger partial charge in [0.2, 0.25) is 23.5 Å². The fourth-order valence-corrected chi connectivity index (χ4v) is 3.82. The third-order valence-corrected chi connectivity index (χ3v) is 5.42. The Morgan fingerprint density at radius 3 is 2.48 bits per heavy atom. The van der Waals surface area contributed by atoms with Crippen molar-refractivity contribution in [2.45, 2.75) is 32.0 Å². The highest BCUT2D eigenvalue weighted by atomic mass is 16.5. The van der Waals surface area contributed by atoms with Gasteiger partial charge in [-0.2, -0.15) is 4.98 Å². The Morgan fingerprint density at radius 2 is 1.82 bits per heavy atom. The summed E-state index contributed by atoms with van der Waals surface area (Å²) in [6, 6.07) is 6.81. The molecule has 2 aromatic rings. The van der Waals surface area contributed by atoms with E-state index < -0.39 is 29.7 Å². The molecule has 33 heavy (non-hydrogen) atoms. The number of rotatable bonds is 7. The van der Waals surface area contributed by atoms with Crippen LogP contribution >= 0.6 is 0 Å². The van der Waals surface area contributed by atoms with E-state index in [2.05, 4.69) is 20.4 Å². The third kappa shape index (κ3) is 4.67. The predicted octanol–water partition coefficient (Wildman–Crippen LogP) is 0.288. The van der Waals surface area contributed by atoms with Crippen LogP contribution in [0, 0.1) is 0 Å². The van der Waals surface area contributed by atoms with Crippen molar-refractivity contribution < 1.29 is 23.7 Å². The van der Waals surface area contributed by atoms with Crippen LogP contribution in [0.25, 0.3) is 11.4 Å². The molecule has 0 saturated carbocycles. The molecule has 2 aliphatic heterocycles. The highest BCUT2D eigenvalue weighted by molar-refractivity contribution is 6.18. The zero-order valence-electron chi connectivity index (χ0n) is 18.6. The Kier molecular flexibility index (Phi) is 6.05. The van der Waals surface area contributed by atoms with Crippen LogP contribution in [0.1, 0.15) is 24.3 Å². The number of imide groups is 2. The van der Waals surface area contributed by atoms with Crippen molar-refractivity contribution in [2.75, 3.05) is 21.1 Å². The van der Waals surface area contributed by atoms with Crippen molar-refractivity contribution in [2.24, 2.45) is 0 Å². The molecular weight excluding hydrogens is 428 g/mol. The number of carbonyl (C=O) groups is 4. The molecule has 1 saturated heterocycles. The molecule has 11 heteroatoms. The summed E-state index contributed by atoms with van der Waals surface area (Å²) in [7, 11) is 5.61. The fourth-order valence-electron chi connectivity index (χ4n) is 3.82. The number of piperidine rings is 1. The van der Waals surface area contributed by atoms with Crippen molar-refractivity contribution in [3.63, 3.8) is 0 Å². The van der Waals surface area contributed by atoms with Crippen LogP contribution in [0.4, 0.5) is 0 Å². The van der Waals surface area contributed by atoms with Crippen molar-refractivity contribution in [3.8, 4) is 11.4 Å². The van der Waals surface area contributed by atoms with E-state index >= 15 is 0 Å². The smallest absolute Gasteiger partial charge is 0.277 e. The maximum Gasteiger partial charge on any atom is 0.277 e. The van der Waals surface area contributed by atoms with Gasteiger partial charge in [0.15, 0.2) is 0 Å². The standard InChI is InChI=1S/C22H24N6O5/c1-26(2)11-13-4-6-14(7-5-13)20-24-18(33-25-20)12-27(3)16-10-19(30)28(22(16)32)15-8-9-17(29)23-21(15)31/h4-7,10,15H,8-9,11-12H2,1-3H3,(H,23,29,31). The Morgan fingerprint density at radius 1 is 1.09 bits per heavy atom. The lowest BCUT2D eigenvalue weighted by Gasteiger charge is -2.29. The van der Waals surface area contributed by atoms with Gasteiger partial charge in [0.1, 0.15) is 11.7 Å². The number of aromatic nitrogens is 2. The first-order valence-electron chi connectivity index (χ1n) is 10.4. The van der Waals surface area contributed by atoms with Gasteiger partial charge in [0.05, 0.1) is 6.54 Å². The van der Waals surface area contributed by atoms with Crippen LogP contribution in [-0.2, 0) is 32.3 Å². The van der Waals surface area contributed by atoms with Gasteiger partial charge >= 0.3 is 0 Å². The minimum absolute atomic E-state index is 0.0690. The molecule has 0 bridgehead atoms. The lowest BCUT2D eigenvalue weighted by Crippen LogP contribution is -2.54. The normalized spacial score (nSPS) is 18.7. The number of likely N-dealkylation sites (N-methyl/N-ethyl adjacent to an activating group) is 1. The molecule has 172 valence electrons. The first-order chi connectivity index (χ1) is 15.7. The molecule has 1 N–H and O–H groups in total. The third-order valence-electron chi connectivity index (χ3n) is 5.42. The molecule has 11 nitrogen and oxygen atoms in total. The molecule has 4 amide bonds. The van der Waals surface area contributed by atoms with Crippen molar-refractivity contribution in [3.05, 3.63) is 47.5 Å². The van der Waals surface area contributed by atoms with Gasteiger partial charge in [-0.3, -0.25) is 29.4 Å². The lowest BCUT2D eigenvalue weighted by molar-refractivity contribution is -0.150. The second-order valence-corrected chi connectivity index (χ2v) is 8.31. The highest BCUT2D eigenvalue weighted by Gasteiger charge is 2.43. The maximum absolute atomic E-state index is 12.9. The Balaban J connectivity index is 1.42. The van der Waals surface area contributed by atoms with Crippen LogP contribution in [0.3, 0.4) is 0 Å². The van der Waals surface area contributed by atoms with Gasteiger partial charge in [0, 0.05) is 31.7 Å². The summed E-state index contributed by atoms with van der Waals surface area (Å²) in [6.07, 6.45) is 1.35. The number of benzene rings is 1. The van der Waals surface area contributed by atoms with Crippen molar-refractivity contribution >= 4 is 23.6 Å². The summed E-state index contributed by atoms with van der Waals surface area (Å²) in [5.41, 5.74) is 2.06. The SMILES string of the molecule is CN(C)Cc1ccc(-c2noc(CN(C)C3=CC(=O)N(C4CCC(=O)NC4=O)C3=O)n2)cc1. The number of hydrogen-bond donors (Lipinski definition) is 1. The van der Waals surface area contributed by atoms with E-state index in [4.69, 9.17) is 4.52 Å². The molecule has 3 heterocycles. The van der Waals surface area contributed by atoms with Crippen LogP contribution in [0.15, 0.2) is 40.6 Å². The van der Waals surface area contributed by atoms with Crippen LogP contribution < -0.4 is 5.32 Å². The topological polar surface area (TPSA) is 129 Å². The Labute approximate surface area is 190 Å². The molecule has 0 radical (unpaired) electrons. The van der Waals surface area contributed by atoms with Crippen LogP contribution in [-0.4, -0.2) is 75.7 Å². The minimum atomic E-state index is -1.00. The highest BCUT2D eigenvalue weighted by Crippen LogP contribution is 2.24. The lowest BCUT2D eigenvalue weighted by atomic mass is 10.0. The minimum Gasteiger partial charge on any atom is -0.361 e. The molecule has 4 rings (SSSR count). The summed E-state index contributed by atoms with van der Waals surface area (Å²) in [5, 5.41) is 6.17. The number of nitrogens with zero attached hydrogens (tertiary/aromatic N) is 5. The van der Waals surface area contributed by atoms with Crippen molar-refractivity contribution in [1.82, 2.24) is 30.2 Å². The number of hydrogen-bond acceptors (Lipinski definition) is 9. The van der Waals surface area contributed by atoms with Crippen LogP contribution in [0.5, 0.6) is 0 Å². The molecule has 1 aromatic carbocycles. The number of amides is 4. The quantitative estimate of drug-likeness (QED) is 0.589. The largest absolute Gasteiger partial charge is 0.361 e. The van der Waals surface area contributed by atoms with Crippen molar-refractivity contribution in [1.29, 1.82) is 0 Å². The fraction of sp³-hybridized carbons (Fsp3) is 0.364. The van der Waals surface area contributed by atoms with E-state index in [1.165, 1.54) is 11.0 Å². The second-order valence-electron chi connectivity index (χ2n) is 8.31. The monoisotopic (exact) mass is 452 g/mol. The predicted molar refractivity (Wildman–Crippen MR) is 115 cm³/mol. The van der Waals surface area contributed by atoms with Gasteiger partial charge < -0.3 is 14.3 Å². The molecular formula is C22H24N6O5. The van der Waals surface area contributed by atoms with Gasteiger partial charge in [0.25, 0.3) is 11.8 Å². The van der Waals surface area contributed by atoms with Gasteiger partial charge in [-0.05, 0) is 26.1 Å². The first kappa shape index (κ1) is 22.3. The Hall–Kier alpha value is -3.86. The zero-order valence-corrected chi connectivity index (χ0v) is 18.6. The van der Waals surface area contributed by atoms with Crippen LogP contribution in [0.2, 0.25) is 0 Å². The summed E-state index contributed by atoms with van der Waals surface area (Å²) in [4.78, 5) is 57.7. The summed E-state index contributed by atoms with van der Waals surface area (Å²) >= 11 is 0. The van der Waals surface area contributed by atoms with Gasteiger partial charge in [-0.25, -0.2) is 0 Å². The summed E-state index contributed by atoms with van der Waals surface area (Å²) in [6.45, 7) is 0.917. The number of nitrogens with one attached hydrogen (secondary N) is 1. The van der Waals surface area contributed by atoms with Gasteiger partial charge in [-0.1, -0.05) is 29.4 Å².